The van der Waals surface area contributed by atoms with Gasteiger partial charge in [0, 0.05) is 19.5 Å². The van der Waals surface area contributed by atoms with Crippen molar-refractivity contribution >= 4 is 22.3 Å². The second kappa shape index (κ2) is 4.81. The Morgan fingerprint density at radius 3 is 2.55 bits per heavy atom. The monoisotopic (exact) mass is 294 g/mol. The molecule has 20 heavy (non-hydrogen) atoms. The molecule has 0 radical (unpaired) electrons. The number of anilines is 1. The van der Waals surface area contributed by atoms with Crippen molar-refractivity contribution in [3.8, 4) is 0 Å². The number of nitrogens with zero attached hydrogens (tertiary/aromatic N) is 2. The van der Waals surface area contributed by atoms with Crippen LogP contribution in [0.5, 0.6) is 0 Å². The van der Waals surface area contributed by atoms with Gasteiger partial charge in [0.15, 0.2) is 10.9 Å². The average Bonchev–Trinajstić information content (AvgIpc) is 2.69. The van der Waals surface area contributed by atoms with Gasteiger partial charge in [0.25, 0.3) is 0 Å². The van der Waals surface area contributed by atoms with Crippen molar-refractivity contribution in [3.05, 3.63) is 10.6 Å². The highest BCUT2D eigenvalue weighted by atomic mass is 32.1. The zero-order valence-corrected chi connectivity index (χ0v) is 13.4. The van der Waals surface area contributed by atoms with Gasteiger partial charge in [-0.05, 0) is 25.7 Å². The summed E-state index contributed by atoms with van der Waals surface area (Å²) < 4.78 is 5.76. The number of carbonyl (C=O) groups is 1. The fourth-order valence-corrected chi connectivity index (χ4v) is 4.22. The van der Waals surface area contributed by atoms with E-state index < -0.39 is 0 Å². The van der Waals surface area contributed by atoms with Crippen LogP contribution in [0.3, 0.4) is 0 Å². The molecule has 1 aromatic rings. The molecule has 3 rings (SSSR count). The predicted molar refractivity (Wildman–Crippen MR) is 80.8 cm³/mol. The van der Waals surface area contributed by atoms with Crippen LogP contribution in [0.1, 0.15) is 49.5 Å². The van der Waals surface area contributed by atoms with Crippen molar-refractivity contribution in [2.24, 2.45) is 5.41 Å². The number of ether oxygens (including phenoxy) is 1. The lowest BCUT2D eigenvalue weighted by molar-refractivity contribution is -0.00524. The fraction of sp³-hybridized carbons (Fsp3) is 0.733. The van der Waals surface area contributed by atoms with Crippen molar-refractivity contribution in [3.63, 3.8) is 0 Å². The van der Waals surface area contributed by atoms with Gasteiger partial charge in [-0.25, -0.2) is 4.98 Å². The maximum atomic E-state index is 12.3. The standard InChI is InChI=1S/C15H22N2O2S/c1-9-7-17(8-10(2)19-9)14-16-11-5-15(3,4)6-12(18)13(11)20-14/h9-10H,5-8H2,1-4H3/t9-,10-/m0/s1. The first-order chi connectivity index (χ1) is 9.34. The summed E-state index contributed by atoms with van der Waals surface area (Å²) in [6, 6.07) is 0. The number of carbonyl (C=O) groups excluding carboxylic acids is 1. The van der Waals surface area contributed by atoms with Crippen LogP contribution < -0.4 is 4.90 Å². The zero-order valence-electron chi connectivity index (χ0n) is 12.6. The highest BCUT2D eigenvalue weighted by molar-refractivity contribution is 7.17. The van der Waals surface area contributed by atoms with Gasteiger partial charge in [-0.2, -0.15) is 0 Å². The Kier molecular flexibility index (Phi) is 3.37. The summed E-state index contributed by atoms with van der Waals surface area (Å²) in [6.45, 7) is 10.2. The first kappa shape index (κ1) is 14.0. The molecular weight excluding hydrogens is 272 g/mol. The van der Waals surface area contributed by atoms with Crippen LogP contribution in [0, 0.1) is 5.41 Å². The number of morpholine rings is 1. The Hall–Kier alpha value is -0.940. The smallest absolute Gasteiger partial charge is 0.186 e. The van der Waals surface area contributed by atoms with Crippen LogP contribution >= 0.6 is 11.3 Å². The lowest BCUT2D eigenvalue weighted by atomic mass is 9.78. The summed E-state index contributed by atoms with van der Waals surface area (Å²) in [6.07, 6.45) is 1.97. The van der Waals surface area contributed by atoms with Gasteiger partial charge in [0.05, 0.1) is 22.8 Å². The number of ketones is 1. The minimum absolute atomic E-state index is 0.0427. The first-order valence-electron chi connectivity index (χ1n) is 7.27. The number of hydrogen-bond acceptors (Lipinski definition) is 5. The van der Waals surface area contributed by atoms with Crippen LogP contribution in [0.15, 0.2) is 0 Å². The number of hydrogen-bond donors (Lipinski definition) is 0. The predicted octanol–water partition coefficient (Wildman–Crippen LogP) is 2.91. The van der Waals surface area contributed by atoms with Gasteiger partial charge in [0.1, 0.15) is 0 Å². The molecule has 1 aromatic heterocycles. The zero-order chi connectivity index (χ0) is 14.5. The molecule has 0 spiro atoms. The maximum absolute atomic E-state index is 12.3. The number of thiazole rings is 1. The van der Waals surface area contributed by atoms with Crippen LogP contribution in [-0.4, -0.2) is 36.1 Å². The Morgan fingerprint density at radius 2 is 1.90 bits per heavy atom. The van der Waals surface area contributed by atoms with Crippen molar-refractivity contribution in [1.29, 1.82) is 0 Å². The van der Waals surface area contributed by atoms with Gasteiger partial charge >= 0.3 is 0 Å². The fourth-order valence-electron chi connectivity index (χ4n) is 3.18. The van der Waals surface area contributed by atoms with E-state index in [0.29, 0.717) is 6.42 Å². The third-order valence-corrected chi connectivity index (χ3v) is 5.11. The summed E-state index contributed by atoms with van der Waals surface area (Å²) >= 11 is 1.56. The van der Waals surface area contributed by atoms with Crippen molar-refractivity contribution in [2.75, 3.05) is 18.0 Å². The van der Waals surface area contributed by atoms with Gasteiger partial charge in [-0.15, -0.1) is 0 Å². The molecule has 5 heteroatoms. The Bertz CT molecular complexity index is 528. The van der Waals surface area contributed by atoms with E-state index in [0.717, 1.165) is 35.2 Å². The minimum atomic E-state index is 0.0427. The van der Waals surface area contributed by atoms with E-state index in [1.165, 1.54) is 0 Å². The van der Waals surface area contributed by atoms with E-state index in [4.69, 9.17) is 9.72 Å². The van der Waals surface area contributed by atoms with Crippen LogP contribution in [0.2, 0.25) is 0 Å². The molecule has 2 atom stereocenters. The number of Topliss-reactive ketones (excluding diaryl/α,β-unsaturated/α-hetero) is 1. The number of aromatic nitrogens is 1. The van der Waals surface area contributed by atoms with E-state index in [2.05, 4.69) is 32.6 Å². The highest BCUT2D eigenvalue weighted by Gasteiger charge is 2.35. The highest BCUT2D eigenvalue weighted by Crippen LogP contribution is 2.39. The lowest BCUT2D eigenvalue weighted by Gasteiger charge is -2.35. The second-order valence-corrected chi connectivity index (χ2v) is 7.85. The molecule has 0 N–H and O–H groups in total. The second-order valence-electron chi connectivity index (χ2n) is 6.88. The summed E-state index contributed by atoms with van der Waals surface area (Å²) in [5.74, 6) is 0.259. The quantitative estimate of drug-likeness (QED) is 0.798. The summed E-state index contributed by atoms with van der Waals surface area (Å²) in [7, 11) is 0. The third-order valence-electron chi connectivity index (χ3n) is 3.91. The molecular formula is C15H22N2O2S. The summed E-state index contributed by atoms with van der Waals surface area (Å²) in [5.41, 5.74) is 1.04. The molecule has 0 unspecified atom stereocenters. The summed E-state index contributed by atoms with van der Waals surface area (Å²) in [4.78, 5) is 20.2. The molecule has 4 nitrogen and oxygen atoms in total. The van der Waals surface area contributed by atoms with Crippen LogP contribution in [0.4, 0.5) is 5.13 Å². The van der Waals surface area contributed by atoms with Gasteiger partial charge in [0.2, 0.25) is 0 Å². The van der Waals surface area contributed by atoms with Crippen LogP contribution in [0.25, 0.3) is 0 Å². The largest absolute Gasteiger partial charge is 0.372 e. The number of fused-ring (bicyclic) bond motifs is 1. The molecule has 0 aromatic carbocycles. The Balaban J connectivity index is 1.88. The molecule has 110 valence electrons. The lowest BCUT2D eigenvalue weighted by Crippen LogP contribution is -2.45. The molecule has 1 saturated heterocycles. The molecule has 1 aliphatic heterocycles. The molecule has 0 amide bonds. The molecule has 1 fully saturated rings. The van der Waals surface area contributed by atoms with Crippen molar-refractivity contribution in [2.45, 2.75) is 52.7 Å². The molecule has 1 aliphatic carbocycles. The summed E-state index contributed by atoms with van der Waals surface area (Å²) in [5, 5.41) is 0.989. The van der Waals surface area contributed by atoms with Gasteiger partial charge < -0.3 is 9.64 Å². The van der Waals surface area contributed by atoms with Crippen molar-refractivity contribution < 1.29 is 9.53 Å². The minimum Gasteiger partial charge on any atom is -0.372 e. The maximum Gasteiger partial charge on any atom is 0.186 e. The molecule has 2 heterocycles. The molecule has 2 aliphatic rings. The van der Waals surface area contributed by atoms with Crippen molar-refractivity contribution in [1.82, 2.24) is 4.98 Å². The van der Waals surface area contributed by atoms with Crippen LogP contribution in [-0.2, 0) is 11.2 Å². The van der Waals surface area contributed by atoms with Gasteiger partial charge in [-0.3, -0.25) is 4.79 Å². The van der Waals surface area contributed by atoms with E-state index in [1.54, 1.807) is 11.3 Å². The first-order valence-corrected chi connectivity index (χ1v) is 8.09. The average molecular weight is 294 g/mol. The Labute approximate surface area is 124 Å². The van der Waals surface area contributed by atoms with Gasteiger partial charge in [-0.1, -0.05) is 25.2 Å². The Morgan fingerprint density at radius 1 is 1.25 bits per heavy atom. The van der Waals surface area contributed by atoms with E-state index in [9.17, 15) is 4.79 Å². The molecule has 0 bridgehead atoms. The SMILES string of the molecule is C[C@H]1CN(c2nc3c(s2)C(=O)CC(C)(C)C3)C[C@H](C)O1. The van der Waals surface area contributed by atoms with E-state index in [-0.39, 0.29) is 23.4 Å². The topological polar surface area (TPSA) is 42.4 Å². The number of rotatable bonds is 1. The van der Waals surface area contributed by atoms with E-state index in [1.807, 2.05) is 0 Å². The third kappa shape index (κ3) is 2.61. The van der Waals surface area contributed by atoms with E-state index >= 15 is 0 Å². The molecule has 0 saturated carbocycles. The normalized spacial score (nSPS) is 29.4.